The Balaban J connectivity index is 2.36. The maximum absolute atomic E-state index is 13.9. The Labute approximate surface area is 246 Å². The van der Waals surface area contributed by atoms with E-state index in [2.05, 4.69) is 20.8 Å². The summed E-state index contributed by atoms with van der Waals surface area (Å²) in [6.45, 7) is 17.6. The molecule has 8 nitrogen and oxygen atoms in total. The molecule has 0 fully saturated rings. The normalized spacial score (nSPS) is 13.6. The van der Waals surface area contributed by atoms with Gasteiger partial charge in [-0.1, -0.05) is 84.0 Å². The van der Waals surface area contributed by atoms with Crippen molar-refractivity contribution in [3.63, 3.8) is 0 Å². The van der Waals surface area contributed by atoms with Crippen LogP contribution in [-0.4, -0.2) is 59.5 Å². The van der Waals surface area contributed by atoms with E-state index >= 15 is 0 Å². The van der Waals surface area contributed by atoms with Gasteiger partial charge >= 0.3 is 6.09 Å². The van der Waals surface area contributed by atoms with Crippen molar-refractivity contribution in [2.75, 3.05) is 14.1 Å². The highest BCUT2D eigenvalue weighted by Gasteiger charge is 2.42. The zero-order valence-electron chi connectivity index (χ0n) is 26.7. The highest BCUT2D eigenvalue weighted by atomic mass is 16.6. The first-order chi connectivity index (χ1) is 18.7. The zero-order chi connectivity index (χ0) is 31.3. The molecule has 0 unspecified atom stereocenters. The summed E-state index contributed by atoms with van der Waals surface area (Å²) in [5.74, 6) is -0.263. The Morgan fingerprint density at radius 2 is 1.41 bits per heavy atom. The third-order valence-electron chi connectivity index (χ3n) is 6.78. The first-order valence-electron chi connectivity index (χ1n) is 14.0. The van der Waals surface area contributed by atoms with Gasteiger partial charge < -0.3 is 20.1 Å². The summed E-state index contributed by atoms with van der Waals surface area (Å²) in [5, 5.41) is 0. The largest absolute Gasteiger partial charge is 0.489 e. The van der Waals surface area contributed by atoms with Crippen molar-refractivity contribution in [1.29, 1.82) is 0 Å². The fraction of sp³-hybridized carbons (Fsp3) is 0.545. The Morgan fingerprint density at radius 3 is 1.90 bits per heavy atom. The fourth-order valence-corrected chi connectivity index (χ4v) is 4.71. The molecule has 2 aromatic carbocycles. The second-order valence-corrected chi connectivity index (χ2v) is 13.8. The average Bonchev–Trinajstić information content (AvgIpc) is 2.83. The van der Waals surface area contributed by atoms with Crippen molar-refractivity contribution in [3.8, 4) is 5.75 Å². The van der Waals surface area contributed by atoms with E-state index in [1.165, 1.54) is 9.80 Å². The van der Waals surface area contributed by atoms with Crippen LogP contribution in [0.15, 0.2) is 48.5 Å². The van der Waals surface area contributed by atoms with Gasteiger partial charge in [0, 0.05) is 20.5 Å². The Bertz CT molecular complexity index is 1210. The number of nitrogens with two attached hydrogens (primary N) is 1. The van der Waals surface area contributed by atoms with Crippen molar-refractivity contribution >= 4 is 17.9 Å². The molecule has 2 aromatic rings. The Hall–Kier alpha value is -3.55. The number of ether oxygens (including phenoxy) is 2. The van der Waals surface area contributed by atoms with Crippen LogP contribution in [0.4, 0.5) is 4.79 Å². The number of carbonyl (C=O) groups is 3. The van der Waals surface area contributed by atoms with E-state index in [0.717, 1.165) is 22.4 Å². The second-order valence-electron chi connectivity index (χ2n) is 13.8. The number of carbonyl (C=O) groups excluding carboxylic acids is 3. The molecule has 0 aliphatic carbocycles. The summed E-state index contributed by atoms with van der Waals surface area (Å²) < 4.78 is 11.7. The molecule has 3 amide bonds. The lowest BCUT2D eigenvalue weighted by atomic mass is 9.84. The third kappa shape index (κ3) is 9.51. The van der Waals surface area contributed by atoms with Gasteiger partial charge in [0.1, 0.15) is 30.0 Å². The minimum atomic E-state index is -0.928. The van der Waals surface area contributed by atoms with Crippen LogP contribution in [0, 0.1) is 5.41 Å². The molecule has 0 heterocycles. The van der Waals surface area contributed by atoms with Gasteiger partial charge in [-0.25, -0.2) is 4.79 Å². The minimum Gasteiger partial charge on any atom is -0.489 e. The molecule has 2 atom stereocenters. The van der Waals surface area contributed by atoms with Crippen molar-refractivity contribution in [1.82, 2.24) is 9.80 Å². The molecule has 0 saturated heterocycles. The predicted octanol–water partition coefficient (Wildman–Crippen LogP) is 5.70. The quantitative estimate of drug-likeness (QED) is 0.419. The summed E-state index contributed by atoms with van der Waals surface area (Å²) in [4.78, 5) is 42.2. The summed E-state index contributed by atoms with van der Waals surface area (Å²) in [6.07, 6.45) is -0.400. The molecule has 0 aromatic heterocycles. The number of hydrogen-bond acceptors (Lipinski definition) is 5. The van der Waals surface area contributed by atoms with E-state index in [4.69, 9.17) is 15.2 Å². The molecule has 0 radical (unpaired) electrons. The van der Waals surface area contributed by atoms with Gasteiger partial charge in [-0.2, -0.15) is 0 Å². The second kappa shape index (κ2) is 13.0. The van der Waals surface area contributed by atoms with E-state index in [-0.39, 0.29) is 11.8 Å². The molecular weight excluding hydrogens is 518 g/mol. The number of primary amides is 1. The van der Waals surface area contributed by atoms with E-state index < -0.39 is 41.0 Å². The maximum atomic E-state index is 13.9. The molecule has 0 spiro atoms. The lowest BCUT2D eigenvalue weighted by Gasteiger charge is -2.40. The minimum absolute atomic E-state index is 0.215. The lowest BCUT2D eigenvalue weighted by Crippen LogP contribution is -2.59. The van der Waals surface area contributed by atoms with Gasteiger partial charge in [0.15, 0.2) is 0 Å². The van der Waals surface area contributed by atoms with Gasteiger partial charge in [0.05, 0.1) is 0 Å². The van der Waals surface area contributed by atoms with E-state index in [1.807, 2.05) is 69.3 Å². The SMILES string of the molecule is CN(C(=O)[C@@H](N(C)C(=O)OC(C)(C)C)C(C)(C)C)[C@@H](Cc1ccc(OCc2ccccc2)c(C(C)(C)C)c1)C(N)=O. The summed E-state index contributed by atoms with van der Waals surface area (Å²) in [5.41, 5.74) is 7.15. The van der Waals surface area contributed by atoms with Crippen molar-refractivity contribution in [2.45, 2.75) is 98.4 Å². The Morgan fingerprint density at radius 1 is 0.829 bits per heavy atom. The van der Waals surface area contributed by atoms with Gasteiger partial charge in [0.25, 0.3) is 0 Å². The summed E-state index contributed by atoms with van der Waals surface area (Å²) in [7, 11) is 3.10. The van der Waals surface area contributed by atoms with Crippen molar-refractivity contribution < 1.29 is 23.9 Å². The van der Waals surface area contributed by atoms with Crippen molar-refractivity contribution in [3.05, 3.63) is 65.2 Å². The number of hydrogen-bond donors (Lipinski definition) is 1. The van der Waals surface area contributed by atoms with Crippen LogP contribution in [0.5, 0.6) is 5.75 Å². The van der Waals surface area contributed by atoms with Crippen molar-refractivity contribution in [2.24, 2.45) is 11.1 Å². The standard InChI is InChI=1S/C33H49N3O5/c1-31(2,3)24-19-23(17-18-26(24)40-21-22-15-13-12-14-16-22)20-25(28(34)37)35(10)29(38)27(32(4,5)6)36(11)30(39)41-33(7,8)9/h12-19,25,27H,20-21H2,1-11H3,(H2,34,37)/t25-,27+/m0/s1. The molecule has 41 heavy (non-hydrogen) atoms. The lowest BCUT2D eigenvalue weighted by molar-refractivity contribution is -0.144. The molecule has 0 bridgehead atoms. The monoisotopic (exact) mass is 567 g/mol. The first kappa shape index (κ1) is 33.7. The van der Waals surface area contributed by atoms with Crippen LogP contribution in [0.1, 0.15) is 79.0 Å². The summed E-state index contributed by atoms with van der Waals surface area (Å²) in [6, 6.07) is 14.0. The van der Waals surface area contributed by atoms with E-state index in [0.29, 0.717) is 6.61 Å². The van der Waals surface area contributed by atoms with Gasteiger partial charge in [-0.05, 0) is 54.4 Å². The van der Waals surface area contributed by atoms with Crippen LogP contribution >= 0.6 is 0 Å². The number of rotatable bonds is 9. The number of nitrogens with zero attached hydrogens (tertiary/aromatic N) is 2. The van der Waals surface area contributed by atoms with Gasteiger partial charge in [-0.3, -0.25) is 14.5 Å². The van der Waals surface area contributed by atoms with Crippen LogP contribution in [0.2, 0.25) is 0 Å². The number of amides is 3. The topological polar surface area (TPSA) is 102 Å². The highest BCUT2D eigenvalue weighted by molar-refractivity contribution is 5.91. The van der Waals surface area contributed by atoms with Crippen LogP contribution in [-0.2, 0) is 32.8 Å². The molecule has 226 valence electrons. The van der Waals surface area contributed by atoms with Gasteiger partial charge in [-0.15, -0.1) is 0 Å². The third-order valence-corrected chi connectivity index (χ3v) is 6.78. The number of likely N-dealkylation sites (N-methyl/N-ethyl adjacent to an activating group) is 2. The molecule has 0 aliphatic rings. The molecule has 0 saturated carbocycles. The summed E-state index contributed by atoms with van der Waals surface area (Å²) >= 11 is 0. The average molecular weight is 568 g/mol. The smallest absolute Gasteiger partial charge is 0.410 e. The fourth-order valence-electron chi connectivity index (χ4n) is 4.71. The van der Waals surface area contributed by atoms with Crippen LogP contribution in [0.3, 0.4) is 0 Å². The van der Waals surface area contributed by atoms with E-state index in [1.54, 1.807) is 34.9 Å². The zero-order valence-corrected chi connectivity index (χ0v) is 26.7. The molecule has 2 N–H and O–H groups in total. The predicted molar refractivity (Wildman–Crippen MR) is 163 cm³/mol. The van der Waals surface area contributed by atoms with E-state index in [9.17, 15) is 14.4 Å². The maximum Gasteiger partial charge on any atom is 0.410 e. The molecule has 8 heteroatoms. The Kier molecular flexibility index (Phi) is 10.6. The van der Waals surface area contributed by atoms with Crippen LogP contribution < -0.4 is 10.5 Å². The highest BCUT2D eigenvalue weighted by Crippen LogP contribution is 2.34. The number of benzene rings is 2. The molecular formula is C33H49N3O5. The van der Waals surface area contributed by atoms with Gasteiger partial charge in [0.2, 0.25) is 11.8 Å². The van der Waals surface area contributed by atoms with Crippen LogP contribution in [0.25, 0.3) is 0 Å². The molecule has 0 aliphatic heterocycles. The first-order valence-corrected chi connectivity index (χ1v) is 14.0. The molecule has 2 rings (SSSR count).